The van der Waals surface area contributed by atoms with Gasteiger partial charge in [0.05, 0.1) is 6.54 Å². The number of amides is 1. The van der Waals surface area contributed by atoms with E-state index in [2.05, 4.69) is 26.7 Å². The number of aryl methyl sites for hydroxylation is 1. The Morgan fingerprint density at radius 2 is 2.17 bits per heavy atom. The van der Waals surface area contributed by atoms with E-state index in [-0.39, 0.29) is 11.7 Å². The van der Waals surface area contributed by atoms with Gasteiger partial charge < -0.3 is 15.0 Å². The molecular weight excluding hydrogens is 304 g/mol. The van der Waals surface area contributed by atoms with E-state index in [4.69, 9.17) is 0 Å². The minimum Gasteiger partial charge on any atom is -0.508 e. The number of hydrogen-bond acceptors (Lipinski definition) is 4. The molecule has 1 unspecified atom stereocenters. The van der Waals surface area contributed by atoms with Gasteiger partial charge in [0.2, 0.25) is 0 Å². The molecule has 1 amide bonds. The van der Waals surface area contributed by atoms with E-state index >= 15 is 0 Å². The summed E-state index contributed by atoms with van der Waals surface area (Å²) in [7, 11) is 0. The Balaban J connectivity index is 1.46. The van der Waals surface area contributed by atoms with Crippen LogP contribution >= 0.6 is 0 Å². The van der Waals surface area contributed by atoms with Crippen molar-refractivity contribution in [3.05, 3.63) is 48.0 Å². The first kappa shape index (κ1) is 16.5. The number of imidazole rings is 1. The summed E-state index contributed by atoms with van der Waals surface area (Å²) in [6.07, 6.45) is 4.95. The van der Waals surface area contributed by atoms with Crippen LogP contribution in [0.5, 0.6) is 5.75 Å². The molecule has 128 valence electrons. The number of likely N-dealkylation sites (tertiary alicyclic amines) is 1. The Hall–Kier alpha value is -2.34. The van der Waals surface area contributed by atoms with Gasteiger partial charge in [0, 0.05) is 37.6 Å². The molecule has 2 heterocycles. The Kier molecular flexibility index (Phi) is 5.15. The van der Waals surface area contributed by atoms with Gasteiger partial charge in [-0.25, -0.2) is 4.98 Å². The van der Waals surface area contributed by atoms with Crippen molar-refractivity contribution >= 4 is 5.91 Å². The lowest BCUT2D eigenvalue weighted by atomic mass is 10.1. The Morgan fingerprint density at radius 1 is 1.38 bits per heavy atom. The van der Waals surface area contributed by atoms with Crippen molar-refractivity contribution in [1.82, 2.24) is 19.8 Å². The Bertz CT molecular complexity index is 681. The van der Waals surface area contributed by atoms with Crippen molar-refractivity contribution < 1.29 is 9.90 Å². The van der Waals surface area contributed by atoms with E-state index in [1.54, 1.807) is 12.1 Å². The van der Waals surface area contributed by atoms with Crippen molar-refractivity contribution in [2.75, 3.05) is 19.6 Å². The lowest BCUT2D eigenvalue weighted by molar-refractivity contribution is 0.0947. The zero-order valence-corrected chi connectivity index (χ0v) is 14.0. The first-order chi connectivity index (χ1) is 11.7. The summed E-state index contributed by atoms with van der Waals surface area (Å²) < 4.78 is 2.17. The van der Waals surface area contributed by atoms with Crippen molar-refractivity contribution in [1.29, 1.82) is 0 Å². The molecule has 1 aromatic heterocycles. The standard InChI is InChI=1S/C18H24N4O2/c1-2-22-10-8-19-17(22)13-21-9-7-14(12-21)11-20-18(24)15-3-5-16(23)6-4-15/h3-6,8,10,14,23H,2,7,9,11-13H2,1H3,(H,20,24). The maximum absolute atomic E-state index is 12.1. The molecule has 2 N–H and O–H groups in total. The molecule has 0 spiro atoms. The summed E-state index contributed by atoms with van der Waals surface area (Å²) in [5.41, 5.74) is 0.577. The van der Waals surface area contributed by atoms with Gasteiger partial charge in [-0.15, -0.1) is 0 Å². The van der Waals surface area contributed by atoms with Gasteiger partial charge in [0.15, 0.2) is 0 Å². The van der Waals surface area contributed by atoms with Crippen LogP contribution in [0.1, 0.15) is 29.5 Å². The number of benzene rings is 1. The average Bonchev–Trinajstić information content (AvgIpc) is 3.22. The molecule has 24 heavy (non-hydrogen) atoms. The molecule has 6 heteroatoms. The number of carbonyl (C=O) groups excluding carboxylic acids is 1. The molecule has 1 atom stereocenters. The lowest BCUT2D eigenvalue weighted by Gasteiger charge is -2.16. The van der Waals surface area contributed by atoms with E-state index in [9.17, 15) is 9.90 Å². The number of phenols is 1. The normalized spacial score (nSPS) is 18.0. The molecule has 1 fully saturated rings. The van der Waals surface area contributed by atoms with Crippen LogP contribution < -0.4 is 5.32 Å². The number of nitrogens with zero attached hydrogens (tertiary/aromatic N) is 3. The van der Waals surface area contributed by atoms with Crippen LogP contribution in [-0.4, -0.2) is 45.1 Å². The van der Waals surface area contributed by atoms with E-state index in [1.807, 2.05) is 12.4 Å². The molecule has 1 aliphatic rings. The first-order valence-electron chi connectivity index (χ1n) is 8.45. The van der Waals surface area contributed by atoms with Crippen LogP contribution in [0.15, 0.2) is 36.7 Å². The summed E-state index contributed by atoms with van der Waals surface area (Å²) in [6, 6.07) is 6.33. The fourth-order valence-electron chi connectivity index (χ4n) is 3.15. The summed E-state index contributed by atoms with van der Waals surface area (Å²) in [6.45, 7) is 6.62. The van der Waals surface area contributed by atoms with Crippen LogP contribution in [-0.2, 0) is 13.1 Å². The largest absolute Gasteiger partial charge is 0.508 e. The van der Waals surface area contributed by atoms with Gasteiger partial charge in [-0.1, -0.05) is 0 Å². The van der Waals surface area contributed by atoms with Crippen LogP contribution in [0.25, 0.3) is 0 Å². The molecule has 0 radical (unpaired) electrons. The molecule has 6 nitrogen and oxygen atoms in total. The van der Waals surface area contributed by atoms with Crippen molar-refractivity contribution in [2.45, 2.75) is 26.4 Å². The third kappa shape index (κ3) is 3.94. The zero-order valence-electron chi connectivity index (χ0n) is 14.0. The number of carbonyl (C=O) groups is 1. The molecule has 0 bridgehead atoms. The molecular formula is C18H24N4O2. The van der Waals surface area contributed by atoms with Gasteiger partial charge in [-0.3, -0.25) is 9.69 Å². The second-order valence-corrected chi connectivity index (χ2v) is 6.28. The van der Waals surface area contributed by atoms with Gasteiger partial charge in [-0.05, 0) is 50.1 Å². The van der Waals surface area contributed by atoms with Gasteiger partial charge in [-0.2, -0.15) is 0 Å². The van der Waals surface area contributed by atoms with E-state index in [0.29, 0.717) is 18.0 Å². The van der Waals surface area contributed by atoms with Crippen LogP contribution in [0.3, 0.4) is 0 Å². The zero-order chi connectivity index (χ0) is 16.9. The van der Waals surface area contributed by atoms with Gasteiger partial charge in [0.1, 0.15) is 11.6 Å². The third-order valence-corrected chi connectivity index (χ3v) is 4.56. The average molecular weight is 328 g/mol. The Morgan fingerprint density at radius 3 is 2.92 bits per heavy atom. The van der Waals surface area contributed by atoms with Crippen LogP contribution in [0.2, 0.25) is 0 Å². The highest BCUT2D eigenvalue weighted by Crippen LogP contribution is 2.18. The highest BCUT2D eigenvalue weighted by Gasteiger charge is 2.24. The molecule has 2 aromatic rings. The predicted molar refractivity (Wildman–Crippen MR) is 91.7 cm³/mol. The van der Waals surface area contributed by atoms with Crippen molar-refractivity contribution in [2.24, 2.45) is 5.92 Å². The van der Waals surface area contributed by atoms with E-state index in [0.717, 1.165) is 38.4 Å². The number of hydrogen-bond donors (Lipinski definition) is 2. The molecule has 3 rings (SSSR count). The molecule has 0 aliphatic carbocycles. The predicted octanol–water partition coefficient (Wildman–Crippen LogP) is 1.86. The SMILES string of the molecule is CCn1ccnc1CN1CCC(CNC(=O)c2ccc(O)cc2)C1. The quantitative estimate of drug-likeness (QED) is 0.849. The summed E-state index contributed by atoms with van der Waals surface area (Å²) >= 11 is 0. The number of aromatic nitrogens is 2. The van der Waals surface area contributed by atoms with Gasteiger partial charge >= 0.3 is 0 Å². The topological polar surface area (TPSA) is 70.4 Å². The monoisotopic (exact) mass is 328 g/mol. The second kappa shape index (κ2) is 7.49. The van der Waals surface area contributed by atoms with E-state index in [1.165, 1.54) is 12.1 Å². The maximum Gasteiger partial charge on any atom is 0.251 e. The minimum atomic E-state index is -0.0880. The van der Waals surface area contributed by atoms with E-state index < -0.39 is 0 Å². The summed E-state index contributed by atoms with van der Waals surface area (Å²) in [4.78, 5) is 18.9. The van der Waals surface area contributed by atoms with Crippen molar-refractivity contribution in [3.63, 3.8) is 0 Å². The number of nitrogens with one attached hydrogen (secondary N) is 1. The first-order valence-corrected chi connectivity index (χ1v) is 8.45. The number of rotatable bonds is 6. The van der Waals surface area contributed by atoms with Crippen molar-refractivity contribution in [3.8, 4) is 5.75 Å². The van der Waals surface area contributed by atoms with Gasteiger partial charge in [0.25, 0.3) is 5.91 Å². The number of aromatic hydroxyl groups is 1. The Labute approximate surface area is 142 Å². The smallest absolute Gasteiger partial charge is 0.251 e. The summed E-state index contributed by atoms with van der Waals surface area (Å²) in [5, 5.41) is 12.3. The molecule has 1 aliphatic heterocycles. The minimum absolute atomic E-state index is 0.0880. The summed E-state index contributed by atoms with van der Waals surface area (Å²) in [5.74, 6) is 1.65. The third-order valence-electron chi connectivity index (χ3n) is 4.56. The molecule has 1 aromatic carbocycles. The fraction of sp³-hybridized carbons (Fsp3) is 0.444. The fourth-order valence-corrected chi connectivity index (χ4v) is 3.15. The number of phenolic OH excluding ortho intramolecular Hbond substituents is 1. The highest BCUT2D eigenvalue weighted by atomic mass is 16.3. The van der Waals surface area contributed by atoms with Crippen LogP contribution in [0.4, 0.5) is 0 Å². The highest BCUT2D eigenvalue weighted by molar-refractivity contribution is 5.94. The maximum atomic E-state index is 12.1. The molecule has 1 saturated heterocycles. The van der Waals surface area contributed by atoms with Crippen LogP contribution in [0, 0.1) is 5.92 Å². The molecule has 0 saturated carbocycles. The second-order valence-electron chi connectivity index (χ2n) is 6.28. The lowest BCUT2D eigenvalue weighted by Crippen LogP contribution is -2.31.